The van der Waals surface area contributed by atoms with Crippen LogP contribution in [-0.2, 0) is 12.8 Å². The highest BCUT2D eigenvalue weighted by atomic mass is 16.5. The number of aliphatic hydroxyl groups is 1. The zero-order valence-electron chi connectivity index (χ0n) is 20.1. The van der Waals surface area contributed by atoms with Crippen LogP contribution in [0.3, 0.4) is 0 Å². The molecule has 1 aliphatic carbocycles. The van der Waals surface area contributed by atoms with Crippen LogP contribution in [0.25, 0.3) is 0 Å². The van der Waals surface area contributed by atoms with Gasteiger partial charge in [0.05, 0.1) is 6.10 Å². The van der Waals surface area contributed by atoms with Crippen molar-refractivity contribution in [2.24, 2.45) is 11.1 Å². The van der Waals surface area contributed by atoms with Crippen molar-refractivity contribution in [1.82, 2.24) is 10.3 Å². The lowest BCUT2D eigenvalue weighted by Crippen LogP contribution is -2.51. The average Bonchev–Trinajstić information content (AvgIpc) is 2.75. The van der Waals surface area contributed by atoms with E-state index in [1.165, 1.54) is 12.0 Å². The summed E-state index contributed by atoms with van der Waals surface area (Å²) in [5.41, 5.74) is 10.6. The van der Waals surface area contributed by atoms with E-state index in [-0.39, 0.29) is 23.1 Å². The maximum absolute atomic E-state index is 10.8. The highest BCUT2D eigenvalue weighted by molar-refractivity contribution is 5.37. The van der Waals surface area contributed by atoms with Crippen LogP contribution in [0.2, 0.25) is 0 Å². The lowest BCUT2D eigenvalue weighted by molar-refractivity contribution is -0.0420. The minimum absolute atomic E-state index is 0.0956. The molecule has 33 heavy (non-hydrogen) atoms. The van der Waals surface area contributed by atoms with E-state index in [1.807, 2.05) is 30.5 Å². The Hall–Kier alpha value is -2.39. The van der Waals surface area contributed by atoms with Crippen molar-refractivity contribution in [3.05, 3.63) is 58.8 Å². The molecule has 176 valence electrons. The molecular weight excluding hydrogens is 410 g/mol. The molecule has 0 bridgehead atoms. The molecule has 0 amide bonds. The van der Waals surface area contributed by atoms with E-state index in [1.54, 1.807) is 0 Å². The first-order chi connectivity index (χ1) is 15.7. The number of aromatic nitrogens is 1. The molecule has 0 unspecified atom stereocenters. The number of rotatable bonds is 7. The maximum Gasteiger partial charge on any atom is 0.218 e. The largest absolute Gasteiger partial charge is 0.471 e. The zero-order valence-corrected chi connectivity index (χ0v) is 20.1. The number of pyridine rings is 1. The molecule has 1 saturated carbocycles. The second-order valence-corrected chi connectivity index (χ2v) is 11.1. The number of ether oxygens (including phenoxy) is 1. The summed E-state index contributed by atoms with van der Waals surface area (Å²) in [5.74, 6) is 3.36. The van der Waals surface area contributed by atoms with Gasteiger partial charge in [-0.3, -0.25) is 0 Å². The first-order valence-electron chi connectivity index (χ1n) is 12.1. The van der Waals surface area contributed by atoms with Gasteiger partial charge in [0.1, 0.15) is 5.60 Å². The summed E-state index contributed by atoms with van der Waals surface area (Å²) in [7, 11) is 0. The van der Waals surface area contributed by atoms with Crippen molar-refractivity contribution in [2.75, 3.05) is 6.54 Å². The number of nitrogens with one attached hydrogen (secondary N) is 1. The highest BCUT2D eigenvalue weighted by Gasteiger charge is 2.46. The maximum atomic E-state index is 10.8. The summed E-state index contributed by atoms with van der Waals surface area (Å²) in [6.07, 6.45) is 12.5. The van der Waals surface area contributed by atoms with Crippen LogP contribution < -0.4 is 15.8 Å². The van der Waals surface area contributed by atoms with E-state index in [9.17, 15) is 5.11 Å². The monoisotopic (exact) mass is 447 g/mol. The third-order valence-electron chi connectivity index (χ3n) is 6.86. The number of hydrogen-bond acceptors (Lipinski definition) is 5. The lowest BCUT2D eigenvalue weighted by Gasteiger charge is -2.47. The van der Waals surface area contributed by atoms with Gasteiger partial charge in [-0.15, -0.1) is 6.42 Å². The predicted octanol–water partition coefficient (Wildman–Crippen LogP) is 3.92. The summed E-state index contributed by atoms with van der Waals surface area (Å²) in [4.78, 5) is 4.70. The number of nitrogens with two attached hydrogens (primary N) is 1. The minimum Gasteiger partial charge on any atom is -0.471 e. The van der Waals surface area contributed by atoms with E-state index in [4.69, 9.17) is 21.9 Å². The fraction of sp³-hybridized carbons (Fsp3) is 0.536. The number of hydrogen-bond donors (Lipinski definition) is 3. The van der Waals surface area contributed by atoms with Gasteiger partial charge in [0.2, 0.25) is 5.88 Å². The van der Waals surface area contributed by atoms with Gasteiger partial charge in [-0.05, 0) is 66.8 Å². The molecule has 0 radical (unpaired) electrons. The number of benzene rings is 1. The molecule has 2 aliphatic rings. The molecule has 1 fully saturated rings. The van der Waals surface area contributed by atoms with Gasteiger partial charge in [0.15, 0.2) is 0 Å². The average molecular weight is 448 g/mol. The van der Waals surface area contributed by atoms with Crippen LogP contribution in [0.15, 0.2) is 36.5 Å². The van der Waals surface area contributed by atoms with Crippen LogP contribution in [0, 0.1) is 17.8 Å². The van der Waals surface area contributed by atoms with Gasteiger partial charge in [-0.2, -0.15) is 0 Å². The SMILES string of the molecule is C#Cc1ccc(C[C@H](N)[C@H](O)CN[C@H]2CC3(CCC3)Oc3ncc(CC(C)(C)C)cc32)cc1. The summed E-state index contributed by atoms with van der Waals surface area (Å²) < 4.78 is 6.37. The summed E-state index contributed by atoms with van der Waals surface area (Å²) in [6.45, 7) is 7.13. The fourth-order valence-electron chi connectivity index (χ4n) is 4.91. The van der Waals surface area contributed by atoms with Crippen LogP contribution in [0.4, 0.5) is 0 Å². The van der Waals surface area contributed by atoms with E-state index in [2.05, 4.69) is 38.1 Å². The van der Waals surface area contributed by atoms with Crippen molar-refractivity contribution in [1.29, 1.82) is 0 Å². The molecular formula is C28H37N3O2. The van der Waals surface area contributed by atoms with Crippen LogP contribution in [0.1, 0.15) is 74.8 Å². The number of fused-ring (bicyclic) bond motifs is 1. The first-order valence-corrected chi connectivity index (χ1v) is 12.1. The quantitative estimate of drug-likeness (QED) is 0.561. The number of nitrogens with zero attached hydrogens (tertiary/aromatic N) is 1. The topological polar surface area (TPSA) is 80.4 Å². The van der Waals surface area contributed by atoms with Gasteiger partial charge in [0, 0.05) is 42.4 Å². The molecule has 1 aromatic carbocycles. The fourth-order valence-corrected chi connectivity index (χ4v) is 4.91. The van der Waals surface area contributed by atoms with Crippen molar-refractivity contribution in [2.45, 2.75) is 83.1 Å². The molecule has 2 aromatic rings. The van der Waals surface area contributed by atoms with E-state index >= 15 is 0 Å². The molecule has 0 saturated heterocycles. The Morgan fingerprint density at radius 1 is 1.27 bits per heavy atom. The van der Waals surface area contributed by atoms with Gasteiger partial charge < -0.3 is 20.9 Å². The zero-order chi connectivity index (χ0) is 23.6. The smallest absolute Gasteiger partial charge is 0.218 e. The molecule has 1 aromatic heterocycles. The Morgan fingerprint density at radius 3 is 2.61 bits per heavy atom. The molecule has 4 N–H and O–H groups in total. The molecule has 4 rings (SSSR count). The predicted molar refractivity (Wildman–Crippen MR) is 132 cm³/mol. The summed E-state index contributed by atoms with van der Waals surface area (Å²) in [6, 6.07) is 9.74. The Kier molecular flexibility index (Phi) is 6.81. The molecule has 1 spiro atoms. The van der Waals surface area contributed by atoms with Crippen molar-refractivity contribution in [3.8, 4) is 18.2 Å². The normalized spacial score (nSPS) is 20.8. The van der Waals surface area contributed by atoms with Crippen LogP contribution >= 0.6 is 0 Å². The van der Waals surface area contributed by atoms with Crippen molar-refractivity contribution >= 4 is 0 Å². The van der Waals surface area contributed by atoms with Gasteiger partial charge in [-0.1, -0.05) is 38.8 Å². The van der Waals surface area contributed by atoms with E-state index < -0.39 is 6.10 Å². The Bertz CT molecular complexity index is 999. The van der Waals surface area contributed by atoms with Crippen molar-refractivity contribution in [3.63, 3.8) is 0 Å². The van der Waals surface area contributed by atoms with Gasteiger partial charge in [0.25, 0.3) is 0 Å². The van der Waals surface area contributed by atoms with Gasteiger partial charge in [-0.25, -0.2) is 4.98 Å². The molecule has 3 atom stereocenters. The van der Waals surface area contributed by atoms with Gasteiger partial charge >= 0.3 is 0 Å². The molecule has 5 nitrogen and oxygen atoms in total. The second kappa shape index (κ2) is 9.46. The summed E-state index contributed by atoms with van der Waals surface area (Å²) in [5, 5.41) is 14.4. The Labute approximate surface area is 198 Å². The number of aliphatic hydroxyl groups excluding tert-OH is 1. The minimum atomic E-state index is -0.660. The summed E-state index contributed by atoms with van der Waals surface area (Å²) >= 11 is 0. The van der Waals surface area contributed by atoms with Crippen LogP contribution in [0.5, 0.6) is 5.88 Å². The molecule has 1 aliphatic heterocycles. The molecule has 5 heteroatoms. The number of terminal acetylenes is 1. The van der Waals surface area contributed by atoms with Crippen LogP contribution in [-0.4, -0.2) is 34.4 Å². The highest BCUT2D eigenvalue weighted by Crippen LogP contribution is 2.48. The second-order valence-electron chi connectivity index (χ2n) is 11.1. The third kappa shape index (κ3) is 5.76. The van der Waals surface area contributed by atoms with E-state index in [0.717, 1.165) is 48.3 Å². The van der Waals surface area contributed by atoms with E-state index in [0.29, 0.717) is 13.0 Å². The third-order valence-corrected chi connectivity index (χ3v) is 6.86. The molecule has 2 heterocycles. The standard InChI is InChI=1S/C28H37N3O2/c1-5-19-7-9-20(10-8-19)14-23(29)25(32)18-30-24-16-28(11-6-12-28)33-26-22(24)13-21(17-31-26)15-27(2,3)4/h1,7-10,13,17,23-25,30,32H,6,11-12,14-16,18,29H2,2-4H3/t23-,24-,25+/m0/s1. The first kappa shape index (κ1) is 23.8. The van der Waals surface area contributed by atoms with Crippen molar-refractivity contribution < 1.29 is 9.84 Å². The Balaban J connectivity index is 1.43. The lowest BCUT2D eigenvalue weighted by atomic mass is 9.73. The Morgan fingerprint density at radius 2 is 2.00 bits per heavy atom.